The number of hydrogen-bond donors (Lipinski definition) is 2. The van der Waals surface area contributed by atoms with Crippen LogP contribution in [0.25, 0.3) is 0 Å². The van der Waals surface area contributed by atoms with Crippen molar-refractivity contribution in [3.63, 3.8) is 0 Å². The van der Waals surface area contributed by atoms with Gasteiger partial charge >= 0.3 is 0 Å². The number of carbonyl (C=O) groups excluding carboxylic acids is 1. The number of nitrogens with one attached hydrogen (secondary N) is 1. The van der Waals surface area contributed by atoms with Crippen LogP contribution in [0.1, 0.15) is 25.8 Å². The minimum absolute atomic E-state index is 0.0474. The highest BCUT2D eigenvalue weighted by atomic mass is 32.1. The third kappa shape index (κ3) is 3.37. The van der Waals surface area contributed by atoms with E-state index in [-0.39, 0.29) is 11.9 Å². The second-order valence-electron chi connectivity index (χ2n) is 4.70. The molecule has 0 spiro atoms. The highest BCUT2D eigenvalue weighted by Gasteiger charge is 2.29. The molecule has 7 heteroatoms. The number of carbonyl (C=O) groups is 1. The fourth-order valence-corrected chi connectivity index (χ4v) is 1.86. The number of aromatic nitrogens is 2. The van der Waals surface area contributed by atoms with Crippen molar-refractivity contribution in [2.45, 2.75) is 32.4 Å². The Labute approximate surface area is 105 Å². The van der Waals surface area contributed by atoms with E-state index < -0.39 is 5.54 Å². The summed E-state index contributed by atoms with van der Waals surface area (Å²) in [6.45, 7) is 5.61. The van der Waals surface area contributed by atoms with Gasteiger partial charge in [0.2, 0.25) is 11.0 Å². The molecule has 1 aromatic rings. The second kappa shape index (κ2) is 4.97. The molecule has 0 aliphatic rings. The molecule has 3 N–H and O–H groups in total. The van der Waals surface area contributed by atoms with Gasteiger partial charge in [-0.05, 0) is 34.9 Å². The number of nitrogens with zero attached hydrogens (tertiary/aromatic N) is 3. The van der Waals surface area contributed by atoms with E-state index in [2.05, 4.69) is 15.5 Å². The molecule has 0 aliphatic carbocycles. The molecular formula is C10H19N5OS. The second-order valence-corrected chi connectivity index (χ2v) is 5.71. The summed E-state index contributed by atoms with van der Waals surface area (Å²) in [5.41, 5.74) is 4.98. The van der Waals surface area contributed by atoms with E-state index in [9.17, 15) is 4.79 Å². The highest BCUT2D eigenvalue weighted by Crippen LogP contribution is 2.24. The summed E-state index contributed by atoms with van der Waals surface area (Å²) in [6, 6.07) is -0.195. The normalized spacial score (nSPS) is 13.8. The molecule has 96 valence electrons. The lowest BCUT2D eigenvalue weighted by molar-refractivity contribution is -0.126. The number of anilines is 1. The summed E-state index contributed by atoms with van der Waals surface area (Å²) < 4.78 is 0. The standard InChI is InChI=1S/C10H19N5OS/c1-6(15(4)5)7(16)12-10(2,3)8-13-14-9(11)17-8/h6H,1-5H3,(H2,11,14)(H,12,16)/t6-/m0/s1. The van der Waals surface area contributed by atoms with Crippen molar-refractivity contribution in [3.05, 3.63) is 5.01 Å². The number of amides is 1. The largest absolute Gasteiger partial charge is 0.374 e. The Kier molecular flexibility index (Phi) is 4.05. The predicted molar refractivity (Wildman–Crippen MR) is 68.6 cm³/mol. The van der Waals surface area contributed by atoms with Crippen molar-refractivity contribution in [2.75, 3.05) is 19.8 Å². The van der Waals surface area contributed by atoms with Gasteiger partial charge in [0.05, 0.1) is 11.6 Å². The maximum absolute atomic E-state index is 12.0. The van der Waals surface area contributed by atoms with Crippen LogP contribution in [-0.4, -0.2) is 41.1 Å². The number of nitrogens with two attached hydrogens (primary N) is 1. The Morgan fingerprint density at radius 2 is 2.06 bits per heavy atom. The monoisotopic (exact) mass is 257 g/mol. The number of likely N-dealkylation sites (N-methyl/N-ethyl adjacent to an activating group) is 1. The minimum Gasteiger partial charge on any atom is -0.374 e. The molecule has 17 heavy (non-hydrogen) atoms. The molecule has 0 unspecified atom stereocenters. The number of hydrogen-bond acceptors (Lipinski definition) is 6. The van der Waals surface area contributed by atoms with Gasteiger partial charge in [0.1, 0.15) is 5.01 Å². The summed E-state index contributed by atoms with van der Waals surface area (Å²) >= 11 is 1.28. The maximum atomic E-state index is 12.0. The fourth-order valence-electron chi connectivity index (χ4n) is 1.19. The first-order valence-corrected chi connectivity index (χ1v) is 6.13. The summed E-state index contributed by atoms with van der Waals surface area (Å²) in [7, 11) is 3.72. The highest BCUT2D eigenvalue weighted by molar-refractivity contribution is 7.15. The summed E-state index contributed by atoms with van der Waals surface area (Å²) in [4.78, 5) is 13.8. The smallest absolute Gasteiger partial charge is 0.237 e. The quantitative estimate of drug-likeness (QED) is 0.816. The van der Waals surface area contributed by atoms with Crippen LogP contribution in [0.3, 0.4) is 0 Å². The molecular weight excluding hydrogens is 238 g/mol. The van der Waals surface area contributed by atoms with Gasteiger partial charge in [-0.1, -0.05) is 11.3 Å². The molecule has 1 aromatic heterocycles. The van der Waals surface area contributed by atoms with E-state index in [1.54, 1.807) is 0 Å². The molecule has 1 amide bonds. The molecule has 0 radical (unpaired) electrons. The van der Waals surface area contributed by atoms with E-state index >= 15 is 0 Å². The molecule has 0 saturated heterocycles. The third-order valence-corrected chi connectivity index (χ3v) is 3.64. The van der Waals surface area contributed by atoms with E-state index in [1.165, 1.54) is 11.3 Å². The van der Waals surface area contributed by atoms with Gasteiger partial charge in [0.15, 0.2) is 0 Å². The van der Waals surface area contributed by atoms with Gasteiger partial charge in [-0.2, -0.15) is 0 Å². The Hall–Kier alpha value is -1.21. The van der Waals surface area contributed by atoms with E-state index in [0.29, 0.717) is 10.1 Å². The lowest BCUT2D eigenvalue weighted by atomic mass is 10.1. The van der Waals surface area contributed by atoms with Crippen LogP contribution in [0, 0.1) is 0 Å². The van der Waals surface area contributed by atoms with Gasteiger partial charge in [0, 0.05) is 0 Å². The van der Waals surface area contributed by atoms with Crippen LogP contribution in [0.15, 0.2) is 0 Å². The van der Waals surface area contributed by atoms with E-state index in [0.717, 1.165) is 0 Å². The van der Waals surface area contributed by atoms with Crippen molar-refractivity contribution in [2.24, 2.45) is 0 Å². The first-order chi connectivity index (χ1) is 7.74. The Morgan fingerprint density at radius 1 is 1.47 bits per heavy atom. The maximum Gasteiger partial charge on any atom is 0.237 e. The van der Waals surface area contributed by atoms with Gasteiger partial charge in [-0.25, -0.2) is 0 Å². The summed E-state index contributed by atoms with van der Waals surface area (Å²) in [6.07, 6.45) is 0. The van der Waals surface area contributed by atoms with Crippen LogP contribution in [0.4, 0.5) is 5.13 Å². The topological polar surface area (TPSA) is 84.1 Å². The molecule has 1 atom stereocenters. The van der Waals surface area contributed by atoms with Gasteiger partial charge in [-0.15, -0.1) is 10.2 Å². The molecule has 1 heterocycles. The predicted octanol–water partition coefficient (Wildman–Crippen LogP) is 0.422. The van der Waals surface area contributed by atoms with Gasteiger partial charge in [-0.3, -0.25) is 9.69 Å². The molecule has 0 bridgehead atoms. The first kappa shape index (κ1) is 13.9. The Morgan fingerprint density at radius 3 is 2.47 bits per heavy atom. The van der Waals surface area contributed by atoms with Gasteiger partial charge in [0.25, 0.3) is 0 Å². The SMILES string of the molecule is C[C@@H](C(=O)NC(C)(C)c1nnc(N)s1)N(C)C. The first-order valence-electron chi connectivity index (χ1n) is 5.32. The van der Waals surface area contributed by atoms with Crippen molar-refractivity contribution < 1.29 is 4.79 Å². The molecule has 0 fully saturated rings. The third-order valence-electron chi connectivity index (χ3n) is 2.57. The number of rotatable bonds is 4. The molecule has 0 aliphatic heterocycles. The molecule has 1 rings (SSSR count). The van der Waals surface area contributed by atoms with Crippen LogP contribution in [0.2, 0.25) is 0 Å². The summed E-state index contributed by atoms with van der Waals surface area (Å²) in [5, 5.41) is 11.8. The van der Waals surface area contributed by atoms with Crippen LogP contribution in [-0.2, 0) is 10.3 Å². The van der Waals surface area contributed by atoms with E-state index in [4.69, 9.17) is 5.73 Å². The van der Waals surface area contributed by atoms with Crippen LogP contribution >= 0.6 is 11.3 Å². The van der Waals surface area contributed by atoms with E-state index in [1.807, 2.05) is 39.8 Å². The lowest BCUT2D eigenvalue weighted by Crippen LogP contribution is -2.49. The fraction of sp³-hybridized carbons (Fsp3) is 0.700. The molecule has 6 nitrogen and oxygen atoms in total. The lowest BCUT2D eigenvalue weighted by Gasteiger charge is -2.27. The van der Waals surface area contributed by atoms with Gasteiger partial charge < -0.3 is 11.1 Å². The van der Waals surface area contributed by atoms with Crippen molar-refractivity contribution >= 4 is 22.4 Å². The number of nitrogen functional groups attached to an aromatic ring is 1. The average molecular weight is 257 g/mol. The molecule has 0 aromatic carbocycles. The van der Waals surface area contributed by atoms with Crippen LogP contribution in [0.5, 0.6) is 0 Å². The zero-order chi connectivity index (χ0) is 13.2. The van der Waals surface area contributed by atoms with Crippen molar-refractivity contribution in [1.82, 2.24) is 20.4 Å². The van der Waals surface area contributed by atoms with Crippen molar-refractivity contribution in [3.8, 4) is 0 Å². The van der Waals surface area contributed by atoms with Crippen molar-refractivity contribution in [1.29, 1.82) is 0 Å². The zero-order valence-electron chi connectivity index (χ0n) is 10.8. The zero-order valence-corrected chi connectivity index (χ0v) is 11.6. The van der Waals surface area contributed by atoms with Crippen LogP contribution < -0.4 is 11.1 Å². The summed E-state index contributed by atoms with van der Waals surface area (Å²) in [5.74, 6) is -0.0474. The molecule has 0 saturated carbocycles. The minimum atomic E-state index is -0.559. The Bertz CT molecular complexity index is 401. The Balaban J connectivity index is 2.76. The average Bonchev–Trinajstić information content (AvgIpc) is 2.63.